The van der Waals surface area contributed by atoms with E-state index in [2.05, 4.69) is 29.1 Å². The number of benzene rings is 3. The number of methoxy groups -OCH3 is 1. The Morgan fingerprint density at radius 1 is 0.946 bits per heavy atom. The minimum absolute atomic E-state index is 0.0814. The van der Waals surface area contributed by atoms with Crippen LogP contribution in [0.4, 0.5) is 15.8 Å². The highest BCUT2D eigenvalue weighted by atomic mass is 19.1. The Morgan fingerprint density at radius 2 is 1.68 bits per heavy atom. The lowest BCUT2D eigenvalue weighted by molar-refractivity contribution is -0.117. The molecule has 7 nitrogen and oxygen atoms in total. The van der Waals surface area contributed by atoms with Crippen LogP contribution in [0.3, 0.4) is 0 Å². The highest BCUT2D eigenvalue weighted by Gasteiger charge is 2.34. The van der Waals surface area contributed by atoms with Crippen LogP contribution in [-0.4, -0.2) is 28.9 Å². The number of halogens is 1. The van der Waals surface area contributed by atoms with Crippen molar-refractivity contribution >= 4 is 23.2 Å². The Balaban J connectivity index is 1.86. The second-order valence-corrected chi connectivity index (χ2v) is 8.69. The van der Waals surface area contributed by atoms with Crippen molar-refractivity contribution in [3.8, 4) is 5.75 Å². The average molecular weight is 499 g/mol. The smallest absolute Gasteiger partial charge is 0.279 e. The molecule has 37 heavy (non-hydrogen) atoms. The maximum atomic E-state index is 13.9. The minimum Gasteiger partial charge on any atom is -0.497 e. The van der Waals surface area contributed by atoms with Crippen LogP contribution in [0.2, 0.25) is 0 Å². The van der Waals surface area contributed by atoms with Gasteiger partial charge in [0.05, 0.1) is 13.3 Å². The Kier molecular flexibility index (Phi) is 7.88. The van der Waals surface area contributed by atoms with Crippen molar-refractivity contribution in [3.05, 3.63) is 114 Å². The van der Waals surface area contributed by atoms with E-state index in [-0.39, 0.29) is 11.6 Å². The van der Waals surface area contributed by atoms with Gasteiger partial charge in [-0.1, -0.05) is 38.1 Å². The van der Waals surface area contributed by atoms with Crippen LogP contribution in [0.1, 0.15) is 47.4 Å². The molecule has 4 aromatic rings. The lowest BCUT2D eigenvalue weighted by atomic mass is 10.00. The van der Waals surface area contributed by atoms with E-state index in [0.717, 1.165) is 5.56 Å². The summed E-state index contributed by atoms with van der Waals surface area (Å²) in [5.74, 6) is -0.613. The molecular weight excluding hydrogens is 471 g/mol. The number of hydrogen-bond donors (Lipinski definition) is 1. The largest absolute Gasteiger partial charge is 0.497 e. The first-order valence-electron chi connectivity index (χ1n) is 11.8. The number of nitrogens with zero attached hydrogens (tertiary/aromatic N) is 3. The number of nitrogens with one attached hydrogen (secondary N) is 1. The number of hydrogen-bond acceptors (Lipinski definition) is 5. The predicted octanol–water partition coefficient (Wildman–Crippen LogP) is 5.77. The van der Waals surface area contributed by atoms with Gasteiger partial charge in [-0.05, 0) is 65.6 Å². The van der Waals surface area contributed by atoms with Gasteiger partial charge in [0.1, 0.15) is 23.3 Å². The Hall–Kier alpha value is -4.59. The molecule has 0 aliphatic heterocycles. The van der Waals surface area contributed by atoms with E-state index < -0.39 is 23.7 Å². The first kappa shape index (κ1) is 25.5. The number of carbonyl (C=O) groups excluding carboxylic acids is 2. The van der Waals surface area contributed by atoms with Crippen LogP contribution in [-0.2, 0) is 4.79 Å². The third-order valence-electron chi connectivity index (χ3n) is 5.87. The number of aromatic nitrogens is 2. The molecule has 2 amide bonds. The number of anilines is 2. The minimum atomic E-state index is -1.11. The average Bonchev–Trinajstić information content (AvgIpc) is 2.93. The van der Waals surface area contributed by atoms with Crippen LogP contribution >= 0.6 is 0 Å². The first-order chi connectivity index (χ1) is 17.9. The molecule has 0 saturated carbocycles. The van der Waals surface area contributed by atoms with Gasteiger partial charge < -0.3 is 10.1 Å². The second-order valence-electron chi connectivity index (χ2n) is 8.69. The molecule has 0 saturated heterocycles. The maximum absolute atomic E-state index is 13.9. The van der Waals surface area contributed by atoms with Gasteiger partial charge in [-0.25, -0.2) is 9.37 Å². The number of carbonyl (C=O) groups is 2. The van der Waals surface area contributed by atoms with Crippen LogP contribution in [0.15, 0.2) is 91.4 Å². The molecule has 0 aliphatic carbocycles. The lowest BCUT2D eigenvalue weighted by Gasteiger charge is -2.31. The van der Waals surface area contributed by atoms with Gasteiger partial charge in [0, 0.05) is 23.8 Å². The van der Waals surface area contributed by atoms with Gasteiger partial charge in [-0.15, -0.1) is 0 Å². The summed E-state index contributed by atoms with van der Waals surface area (Å²) in [4.78, 5) is 37.4. The summed E-state index contributed by atoms with van der Waals surface area (Å²) < 4.78 is 18.9. The van der Waals surface area contributed by atoms with Crippen molar-refractivity contribution in [2.24, 2.45) is 0 Å². The monoisotopic (exact) mass is 498 g/mol. The van der Waals surface area contributed by atoms with E-state index in [0.29, 0.717) is 22.7 Å². The Morgan fingerprint density at radius 3 is 2.30 bits per heavy atom. The van der Waals surface area contributed by atoms with E-state index in [1.54, 1.807) is 24.3 Å². The van der Waals surface area contributed by atoms with Crippen molar-refractivity contribution in [1.29, 1.82) is 0 Å². The quantitative estimate of drug-likeness (QED) is 0.333. The van der Waals surface area contributed by atoms with Crippen LogP contribution in [0, 0.1) is 5.82 Å². The van der Waals surface area contributed by atoms with Gasteiger partial charge in [-0.3, -0.25) is 19.5 Å². The molecule has 3 aromatic carbocycles. The second kappa shape index (κ2) is 11.4. The lowest BCUT2D eigenvalue weighted by Crippen LogP contribution is -2.42. The van der Waals surface area contributed by atoms with E-state index in [1.165, 1.54) is 54.9 Å². The summed E-state index contributed by atoms with van der Waals surface area (Å²) in [5.41, 5.74) is 2.58. The molecule has 8 heteroatoms. The van der Waals surface area contributed by atoms with Crippen LogP contribution < -0.4 is 15.0 Å². The number of rotatable bonds is 8. The van der Waals surface area contributed by atoms with Crippen molar-refractivity contribution in [3.63, 3.8) is 0 Å². The summed E-state index contributed by atoms with van der Waals surface area (Å²) >= 11 is 0. The summed E-state index contributed by atoms with van der Waals surface area (Å²) in [6.45, 7) is 4.15. The van der Waals surface area contributed by atoms with E-state index in [9.17, 15) is 14.0 Å². The Labute approximate surface area is 215 Å². The fraction of sp³-hybridized carbons (Fsp3) is 0.172. The predicted molar refractivity (Wildman–Crippen MR) is 140 cm³/mol. The normalized spacial score (nSPS) is 11.6. The van der Waals surface area contributed by atoms with Gasteiger partial charge in [-0.2, -0.15) is 0 Å². The molecule has 188 valence electrons. The molecule has 0 bridgehead atoms. The summed E-state index contributed by atoms with van der Waals surface area (Å²) in [6.07, 6.45) is 4.25. The summed E-state index contributed by atoms with van der Waals surface area (Å²) in [7, 11) is 1.53. The summed E-state index contributed by atoms with van der Waals surface area (Å²) in [5, 5.41) is 2.82. The molecule has 1 heterocycles. The zero-order valence-corrected chi connectivity index (χ0v) is 20.8. The molecule has 0 radical (unpaired) electrons. The van der Waals surface area contributed by atoms with Crippen molar-refractivity contribution in [2.75, 3.05) is 17.3 Å². The van der Waals surface area contributed by atoms with Gasteiger partial charge in [0.15, 0.2) is 0 Å². The van der Waals surface area contributed by atoms with Crippen LogP contribution in [0.5, 0.6) is 5.75 Å². The molecule has 4 rings (SSSR count). The fourth-order valence-electron chi connectivity index (χ4n) is 3.91. The molecule has 1 aromatic heterocycles. The summed E-state index contributed by atoms with van der Waals surface area (Å²) in [6, 6.07) is 18.7. The van der Waals surface area contributed by atoms with Gasteiger partial charge in [0.25, 0.3) is 11.8 Å². The van der Waals surface area contributed by atoms with Crippen molar-refractivity contribution in [2.45, 2.75) is 25.8 Å². The molecular formula is C29H27FN4O3. The van der Waals surface area contributed by atoms with E-state index in [4.69, 9.17) is 4.74 Å². The SMILES string of the molecule is COc1cccc([C@H](C(=O)Nc2ccc(F)cc2)N(C(=O)c2cnccn2)c2ccc(C(C)C)cc2)c1. The molecule has 1 atom stereocenters. The fourth-order valence-corrected chi connectivity index (χ4v) is 3.91. The highest BCUT2D eigenvalue weighted by molar-refractivity contribution is 6.11. The first-order valence-corrected chi connectivity index (χ1v) is 11.8. The number of amides is 2. The molecule has 0 fully saturated rings. The number of ether oxygens (including phenoxy) is 1. The maximum Gasteiger partial charge on any atom is 0.279 e. The van der Waals surface area contributed by atoms with Gasteiger partial charge >= 0.3 is 0 Å². The third-order valence-corrected chi connectivity index (χ3v) is 5.87. The highest BCUT2D eigenvalue weighted by Crippen LogP contribution is 2.33. The standard InChI is InChI=1S/C29H27FN4O3/c1-19(2)20-7-13-24(14-8-20)34(29(36)26-18-31-15-16-32-26)27(21-5-4-6-25(17-21)37-3)28(35)33-23-11-9-22(30)10-12-23/h4-19,27H,1-3H3,(H,33,35)/t27-/m1/s1. The molecule has 1 N–H and O–H groups in total. The third kappa shape index (κ3) is 5.98. The Bertz CT molecular complexity index is 1360. The van der Waals surface area contributed by atoms with Crippen molar-refractivity contribution < 1.29 is 18.7 Å². The molecule has 0 spiro atoms. The van der Waals surface area contributed by atoms with Crippen molar-refractivity contribution in [1.82, 2.24) is 9.97 Å². The van der Waals surface area contributed by atoms with E-state index >= 15 is 0 Å². The van der Waals surface area contributed by atoms with Gasteiger partial charge in [0.2, 0.25) is 0 Å². The van der Waals surface area contributed by atoms with Crippen LogP contribution in [0.25, 0.3) is 0 Å². The zero-order valence-electron chi connectivity index (χ0n) is 20.8. The molecule has 0 unspecified atom stereocenters. The zero-order chi connectivity index (χ0) is 26.4. The molecule has 0 aliphatic rings. The topological polar surface area (TPSA) is 84.4 Å². The van der Waals surface area contributed by atoms with E-state index in [1.807, 2.05) is 24.3 Å².